The molecule has 0 radical (unpaired) electrons. The molecule has 5 N–H and O–H groups in total. The number of sulfone groups is 1. The summed E-state index contributed by atoms with van der Waals surface area (Å²) in [4.78, 5) is 29.7. The monoisotopic (exact) mass is 678 g/mol. The number of aromatic nitrogens is 1. The Bertz CT molecular complexity index is 1770. The van der Waals surface area contributed by atoms with Crippen molar-refractivity contribution in [2.75, 3.05) is 30.4 Å². The van der Waals surface area contributed by atoms with Gasteiger partial charge in [0.1, 0.15) is 16.6 Å². The standard InChI is InChI=1S/C26H29F3N4O8S3/c27-18-13-20(29)19(28)10-15(18)9-16(30)11-23(34)33-26(3-6-43(36,37)7-4-26)25-32-21-2-1-17(12-22(21)42-25)41-14-24(35)31-5-8-44(38,39)40/h1-2,10,12-13,16H,3-9,11,14,30H2,(H,31,35)(H,33,34)(H,38,39,40)/t16-/m1/s1. The first kappa shape index (κ1) is 33.6. The van der Waals surface area contributed by atoms with Crippen LogP contribution in [0.1, 0.15) is 29.8 Å². The number of rotatable bonds is 12. The molecule has 4 rings (SSSR count). The number of nitrogens with one attached hydrogen (secondary N) is 2. The van der Waals surface area contributed by atoms with Crippen LogP contribution in [-0.2, 0) is 41.5 Å². The van der Waals surface area contributed by atoms with Crippen LogP contribution >= 0.6 is 11.3 Å². The zero-order chi connectivity index (χ0) is 32.3. The number of carbonyl (C=O) groups is 2. The van der Waals surface area contributed by atoms with Crippen LogP contribution in [0.2, 0.25) is 0 Å². The van der Waals surface area contributed by atoms with Gasteiger partial charge in [0.15, 0.2) is 28.1 Å². The summed E-state index contributed by atoms with van der Waals surface area (Å²) >= 11 is 1.18. The van der Waals surface area contributed by atoms with Crippen molar-refractivity contribution in [1.82, 2.24) is 15.6 Å². The number of hydrogen-bond donors (Lipinski definition) is 4. The van der Waals surface area contributed by atoms with E-state index in [-0.39, 0.29) is 55.0 Å². The average Bonchev–Trinajstić information content (AvgIpc) is 3.35. The summed E-state index contributed by atoms with van der Waals surface area (Å²) in [5.41, 5.74) is 5.20. The Kier molecular flexibility index (Phi) is 10.2. The zero-order valence-electron chi connectivity index (χ0n) is 23.0. The van der Waals surface area contributed by atoms with Crippen LogP contribution in [-0.4, -0.2) is 74.6 Å². The van der Waals surface area contributed by atoms with Crippen LogP contribution in [0.25, 0.3) is 10.2 Å². The van der Waals surface area contributed by atoms with Gasteiger partial charge in [0.2, 0.25) is 5.91 Å². The van der Waals surface area contributed by atoms with Gasteiger partial charge in [-0.3, -0.25) is 14.1 Å². The van der Waals surface area contributed by atoms with Crippen molar-refractivity contribution < 1.29 is 48.9 Å². The predicted molar refractivity (Wildman–Crippen MR) is 155 cm³/mol. The molecule has 0 bridgehead atoms. The Hall–Kier alpha value is -3.32. The minimum absolute atomic E-state index is 0.0288. The molecule has 0 unspecified atom stereocenters. The van der Waals surface area contributed by atoms with Gasteiger partial charge >= 0.3 is 0 Å². The number of amides is 2. The summed E-state index contributed by atoms with van der Waals surface area (Å²) in [5.74, 6) is -5.55. The van der Waals surface area contributed by atoms with Gasteiger partial charge in [-0.05, 0) is 49.1 Å². The lowest BCUT2D eigenvalue weighted by Crippen LogP contribution is -2.51. The second-order valence-electron chi connectivity index (χ2n) is 10.4. The van der Waals surface area contributed by atoms with Crippen molar-refractivity contribution in [3.8, 4) is 5.75 Å². The van der Waals surface area contributed by atoms with Crippen LogP contribution in [0.3, 0.4) is 0 Å². The van der Waals surface area contributed by atoms with Gasteiger partial charge in [-0.25, -0.2) is 26.6 Å². The predicted octanol–water partition coefficient (Wildman–Crippen LogP) is 1.58. The fourth-order valence-corrected chi connectivity index (χ4v) is 7.71. The molecule has 12 nitrogen and oxygen atoms in total. The molecule has 1 atom stereocenters. The van der Waals surface area contributed by atoms with E-state index in [9.17, 15) is 39.6 Å². The minimum atomic E-state index is -4.23. The smallest absolute Gasteiger partial charge is 0.266 e. The molecule has 44 heavy (non-hydrogen) atoms. The number of carbonyl (C=O) groups excluding carboxylic acids is 2. The maximum absolute atomic E-state index is 14.1. The molecule has 18 heteroatoms. The number of nitrogens with zero attached hydrogens (tertiary/aromatic N) is 1. The van der Waals surface area contributed by atoms with Crippen LogP contribution in [0, 0.1) is 17.5 Å². The van der Waals surface area contributed by atoms with E-state index in [4.69, 9.17) is 15.0 Å². The van der Waals surface area contributed by atoms with Gasteiger partial charge < -0.3 is 21.1 Å². The minimum Gasteiger partial charge on any atom is -0.484 e. The Morgan fingerprint density at radius 3 is 2.45 bits per heavy atom. The average molecular weight is 679 g/mol. The van der Waals surface area contributed by atoms with Crippen LogP contribution in [0.5, 0.6) is 5.75 Å². The molecule has 2 aromatic carbocycles. The molecule has 0 spiro atoms. The Morgan fingerprint density at radius 2 is 1.77 bits per heavy atom. The summed E-state index contributed by atoms with van der Waals surface area (Å²) in [6.07, 6.45) is -0.509. The highest BCUT2D eigenvalue weighted by atomic mass is 32.2. The van der Waals surface area contributed by atoms with Crippen LogP contribution in [0.15, 0.2) is 30.3 Å². The van der Waals surface area contributed by atoms with Gasteiger partial charge in [0.25, 0.3) is 16.0 Å². The molecular formula is C26H29F3N4O8S3. The first-order valence-corrected chi connectivity index (χ1v) is 17.4. The lowest BCUT2D eigenvalue weighted by molar-refractivity contribution is -0.124. The maximum atomic E-state index is 14.1. The number of thiazole rings is 1. The Labute approximate surface area is 254 Å². The summed E-state index contributed by atoms with van der Waals surface area (Å²) in [5, 5.41) is 5.60. The normalized spacial score (nSPS) is 16.8. The molecule has 2 heterocycles. The van der Waals surface area contributed by atoms with Gasteiger partial charge in [-0.1, -0.05) is 0 Å². The molecule has 1 saturated heterocycles. The molecule has 1 aliphatic heterocycles. The number of hydrogen-bond acceptors (Lipinski definition) is 10. The third kappa shape index (κ3) is 8.87. The first-order chi connectivity index (χ1) is 20.5. The third-order valence-corrected chi connectivity index (χ3v) is 10.5. The molecule has 1 aromatic heterocycles. The molecule has 0 saturated carbocycles. The molecule has 1 fully saturated rings. The van der Waals surface area contributed by atoms with E-state index in [0.29, 0.717) is 27.4 Å². The molecule has 1 aliphatic rings. The zero-order valence-corrected chi connectivity index (χ0v) is 25.5. The fourth-order valence-electron chi connectivity index (χ4n) is 4.63. The first-order valence-electron chi connectivity index (χ1n) is 13.2. The van der Waals surface area contributed by atoms with E-state index in [1.54, 1.807) is 18.2 Å². The second-order valence-corrected chi connectivity index (χ2v) is 15.3. The van der Waals surface area contributed by atoms with E-state index >= 15 is 0 Å². The number of benzene rings is 2. The highest BCUT2D eigenvalue weighted by molar-refractivity contribution is 7.91. The van der Waals surface area contributed by atoms with E-state index < -0.39 is 73.2 Å². The van der Waals surface area contributed by atoms with Crippen molar-refractivity contribution in [2.45, 2.75) is 37.3 Å². The van der Waals surface area contributed by atoms with Crippen molar-refractivity contribution in [3.63, 3.8) is 0 Å². The van der Waals surface area contributed by atoms with Crippen molar-refractivity contribution in [1.29, 1.82) is 0 Å². The molecule has 240 valence electrons. The van der Waals surface area contributed by atoms with Gasteiger partial charge in [0, 0.05) is 25.1 Å². The Morgan fingerprint density at radius 1 is 1.09 bits per heavy atom. The van der Waals surface area contributed by atoms with E-state index in [1.165, 1.54) is 11.3 Å². The van der Waals surface area contributed by atoms with Crippen molar-refractivity contribution >= 4 is 53.3 Å². The van der Waals surface area contributed by atoms with Crippen LogP contribution in [0.4, 0.5) is 13.2 Å². The maximum Gasteiger partial charge on any atom is 0.266 e. The summed E-state index contributed by atoms with van der Waals surface area (Å²) in [7, 11) is -7.58. The molecule has 0 aliphatic carbocycles. The summed E-state index contributed by atoms with van der Waals surface area (Å²) < 4.78 is 102. The van der Waals surface area contributed by atoms with E-state index in [0.717, 1.165) is 0 Å². The SMILES string of the molecule is N[C@@H](CC(=O)NC1(c2nc3ccc(OCC(=O)NCCS(=O)(=O)O)cc3s2)CCS(=O)(=O)CC1)Cc1cc(F)c(F)cc1F. The molecular weight excluding hydrogens is 650 g/mol. The quantitative estimate of drug-likeness (QED) is 0.161. The van der Waals surface area contributed by atoms with Gasteiger partial charge in [0.05, 0.1) is 33.0 Å². The van der Waals surface area contributed by atoms with Crippen LogP contribution < -0.4 is 21.1 Å². The number of ether oxygens (including phenoxy) is 1. The Balaban J connectivity index is 1.47. The fraction of sp³-hybridized carbons (Fsp3) is 0.423. The number of nitrogens with two attached hydrogens (primary N) is 1. The highest BCUT2D eigenvalue weighted by Gasteiger charge is 2.42. The van der Waals surface area contributed by atoms with Crippen molar-refractivity contribution in [2.24, 2.45) is 5.73 Å². The third-order valence-electron chi connectivity index (χ3n) is 6.90. The second kappa shape index (κ2) is 13.4. The summed E-state index contributed by atoms with van der Waals surface area (Å²) in [6.45, 7) is -0.733. The van der Waals surface area contributed by atoms with Crippen molar-refractivity contribution in [3.05, 3.63) is 58.4 Å². The topological polar surface area (TPSA) is 195 Å². The lowest BCUT2D eigenvalue weighted by atomic mass is 9.92. The lowest BCUT2D eigenvalue weighted by Gasteiger charge is -2.36. The number of fused-ring (bicyclic) bond motifs is 1. The highest BCUT2D eigenvalue weighted by Crippen LogP contribution is 2.39. The summed E-state index contributed by atoms with van der Waals surface area (Å²) in [6, 6.07) is 4.89. The van der Waals surface area contributed by atoms with E-state index in [1.807, 2.05) is 0 Å². The van der Waals surface area contributed by atoms with Gasteiger partial charge in [-0.2, -0.15) is 8.42 Å². The van der Waals surface area contributed by atoms with E-state index in [2.05, 4.69) is 15.6 Å². The molecule has 2 amide bonds. The molecule has 3 aromatic rings. The number of halogens is 3. The largest absolute Gasteiger partial charge is 0.484 e. The van der Waals surface area contributed by atoms with Gasteiger partial charge in [-0.15, -0.1) is 11.3 Å².